The lowest BCUT2D eigenvalue weighted by molar-refractivity contribution is -0.390. The molecule has 8 heteroatoms. The minimum Gasteiger partial charge on any atom is -0.358 e. The molecule has 1 heterocycles. The summed E-state index contributed by atoms with van der Waals surface area (Å²) in [4.78, 5) is 23.4. The highest BCUT2D eigenvalue weighted by molar-refractivity contribution is 9.10. The molecule has 1 aromatic rings. The number of halogens is 1. The third-order valence-electron chi connectivity index (χ3n) is 2.66. The molecule has 0 spiro atoms. The molecule has 0 saturated heterocycles. The molecule has 2 rings (SSSR count). The van der Waals surface area contributed by atoms with Gasteiger partial charge in [-0.3, -0.25) is 4.79 Å². The van der Waals surface area contributed by atoms with Crippen LogP contribution in [0.5, 0.6) is 0 Å². The zero-order valence-electron chi connectivity index (χ0n) is 9.17. The Hall–Kier alpha value is -1.44. The monoisotopic (exact) mass is 302 g/mol. The number of nitrogens with zero attached hydrogens (tertiary/aromatic N) is 4. The van der Waals surface area contributed by atoms with E-state index in [1.54, 1.807) is 11.9 Å². The first-order chi connectivity index (χ1) is 7.99. The van der Waals surface area contributed by atoms with Crippen molar-refractivity contribution in [2.75, 3.05) is 7.05 Å². The van der Waals surface area contributed by atoms with Crippen LogP contribution >= 0.6 is 15.9 Å². The predicted octanol–water partition coefficient (Wildman–Crippen LogP) is 1.17. The fraction of sp³-hybridized carbons (Fsp3) is 0.556. The van der Waals surface area contributed by atoms with E-state index in [2.05, 4.69) is 21.0 Å². The second kappa shape index (κ2) is 4.44. The first-order valence-corrected chi connectivity index (χ1v) is 5.91. The van der Waals surface area contributed by atoms with E-state index in [4.69, 9.17) is 0 Å². The number of hydrogen-bond acceptors (Lipinski definition) is 4. The van der Waals surface area contributed by atoms with Crippen molar-refractivity contribution in [3.05, 3.63) is 20.8 Å². The molecule has 0 unspecified atom stereocenters. The highest BCUT2D eigenvalue weighted by atomic mass is 79.9. The molecule has 17 heavy (non-hydrogen) atoms. The summed E-state index contributed by atoms with van der Waals surface area (Å²) in [5.74, 6) is -0.357. The van der Waals surface area contributed by atoms with Gasteiger partial charge < -0.3 is 15.0 Å². The van der Waals surface area contributed by atoms with Crippen LogP contribution in [-0.2, 0) is 11.3 Å². The lowest BCUT2D eigenvalue weighted by atomic mass is 10.5. The van der Waals surface area contributed by atoms with Gasteiger partial charge >= 0.3 is 5.82 Å². The maximum Gasteiger partial charge on any atom is 0.404 e. The Balaban J connectivity index is 2.05. The average molecular weight is 303 g/mol. The largest absolute Gasteiger partial charge is 0.404 e. The van der Waals surface area contributed by atoms with E-state index >= 15 is 0 Å². The third kappa shape index (κ3) is 2.63. The Morgan fingerprint density at radius 3 is 2.88 bits per heavy atom. The zero-order valence-corrected chi connectivity index (χ0v) is 10.8. The van der Waals surface area contributed by atoms with Crippen LogP contribution in [0.15, 0.2) is 10.7 Å². The van der Waals surface area contributed by atoms with Crippen molar-refractivity contribution in [3.8, 4) is 0 Å². The highest BCUT2D eigenvalue weighted by Gasteiger charge is 2.30. The average Bonchev–Trinajstić information content (AvgIpc) is 3.02. The second-order valence-electron chi connectivity index (χ2n) is 3.99. The molecule has 0 aliphatic heterocycles. The van der Waals surface area contributed by atoms with Gasteiger partial charge in [-0.2, -0.15) is 4.68 Å². The number of nitro groups is 1. The molecule has 0 aromatic carbocycles. The molecular formula is C9H11BrN4O3. The van der Waals surface area contributed by atoms with Crippen LogP contribution in [-0.4, -0.2) is 38.6 Å². The fourth-order valence-electron chi connectivity index (χ4n) is 1.51. The number of likely N-dealkylation sites (N-methyl/N-ethyl adjacent to an activating group) is 1. The standard InChI is InChI=1S/C9H11BrN4O3/c1-12(6-2-3-6)8(15)5-13-4-7(10)9(11-13)14(16)17/h4,6H,2-3,5H2,1H3. The normalized spacial score (nSPS) is 14.7. The van der Waals surface area contributed by atoms with Gasteiger partial charge in [0.25, 0.3) is 0 Å². The van der Waals surface area contributed by atoms with E-state index in [0.717, 1.165) is 12.8 Å². The summed E-state index contributed by atoms with van der Waals surface area (Å²) < 4.78 is 1.56. The number of carbonyl (C=O) groups is 1. The van der Waals surface area contributed by atoms with E-state index in [1.807, 2.05) is 0 Å². The molecule has 1 aliphatic carbocycles. The minimum absolute atomic E-state index is 0.0272. The van der Waals surface area contributed by atoms with E-state index < -0.39 is 4.92 Å². The Kier molecular flexibility index (Phi) is 3.14. The minimum atomic E-state index is -0.588. The van der Waals surface area contributed by atoms with Gasteiger partial charge in [0.1, 0.15) is 11.0 Å². The van der Waals surface area contributed by atoms with Crippen molar-refractivity contribution in [2.24, 2.45) is 0 Å². The van der Waals surface area contributed by atoms with Crippen LogP contribution in [0, 0.1) is 10.1 Å². The van der Waals surface area contributed by atoms with Crippen molar-refractivity contribution in [1.82, 2.24) is 14.7 Å². The van der Waals surface area contributed by atoms with E-state index in [1.165, 1.54) is 10.9 Å². The maximum absolute atomic E-state index is 11.8. The smallest absolute Gasteiger partial charge is 0.358 e. The van der Waals surface area contributed by atoms with Gasteiger partial charge in [-0.15, -0.1) is 0 Å². The molecule has 7 nitrogen and oxygen atoms in total. The fourth-order valence-corrected chi connectivity index (χ4v) is 1.97. The van der Waals surface area contributed by atoms with Crippen LogP contribution in [0.4, 0.5) is 5.82 Å². The van der Waals surface area contributed by atoms with Crippen molar-refractivity contribution in [1.29, 1.82) is 0 Å². The van der Waals surface area contributed by atoms with Gasteiger partial charge in [0.15, 0.2) is 0 Å². The SMILES string of the molecule is CN(C(=O)Cn1cc(Br)c([N+](=O)[O-])n1)C1CC1. The maximum atomic E-state index is 11.8. The molecule has 1 saturated carbocycles. The van der Waals surface area contributed by atoms with E-state index in [-0.39, 0.29) is 22.7 Å². The van der Waals surface area contributed by atoms with Crippen molar-refractivity contribution in [2.45, 2.75) is 25.4 Å². The first kappa shape index (κ1) is 12.0. The van der Waals surface area contributed by atoms with Crippen LogP contribution in [0.3, 0.4) is 0 Å². The quantitative estimate of drug-likeness (QED) is 0.617. The lowest BCUT2D eigenvalue weighted by Gasteiger charge is -2.14. The van der Waals surface area contributed by atoms with Gasteiger partial charge in [0.05, 0.1) is 11.3 Å². The number of amides is 1. The van der Waals surface area contributed by atoms with Crippen LogP contribution in [0.1, 0.15) is 12.8 Å². The summed E-state index contributed by atoms with van der Waals surface area (Å²) in [5, 5.41) is 14.3. The molecule has 0 bridgehead atoms. The molecule has 1 amide bonds. The Morgan fingerprint density at radius 1 is 1.76 bits per heavy atom. The number of aromatic nitrogens is 2. The molecule has 1 aromatic heterocycles. The topological polar surface area (TPSA) is 81.3 Å². The zero-order chi connectivity index (χ0) is 12.6. The molecule has 1 aliphatic rings. The molecule has 0 radical (unpaired) electrons. The molecule has 1 fully saturated rings. The highest BCUT2D eigenvalue weighted by Crippen LogP contribution is 2.26. The van der Waals surface area contributed by atoms with Gasteiger partial charge in [0.2, 0.25) is 5.91 Å². The Labute approximate surface area is 106 Å². The summed E-state index contributed by atoms with van der Waals surface area (Å²) in [6.07, 6.45) is 3.51. The van der Waals surface area contributed by atoms with Crippen LogP contribution < -0.4 is 0 Å². The molecule has 0 N–H and O–H groups in total. The van der Waals surface area contributed by atoms with E-state index in [9.17, 15) is 14.9 Å². The van der Waals surface area contributed by atoms with Crippen molar-refractivity contribution >= 4 is 27.7 Å². The van der Waals surface area contributed by atoms with Crippen LogP contribution in [0.2, 0.25) is 0 Å². The van der Waals surface area contributed by atoms with E-state index in [0.29, 0.717) is 6.04 Å². The Bertz CT molecular complexity index is 469. The van der Waals surface area contributed by atoms with Gasteiger partial charge in [-0.1, -0.05) is 0 Å². The van der Waals surface area contributed by atoms with Crippen molar-refractivity contribution in [3.63, 3.8) is 0 Å². The number of carbonyl (C=O) groups excluding carboxylic acids is 1. The van der Waals surface area contributed by atoms with Crippen molar-refractivity contribution < 1.29 is 9.72 Å². The summed E-state index contributed by atoms with van der Waals surface area (Å²) in [7, 11) is 1.74. The lowest BCUT2D eigenvalue weighted by Crippen LogP contribution is -2.32. The summed E-state index contributed by atoms with van der Waals surface area (Å²) in [6.45, 7) is 0.0272. The van der Waals surface area contributed by atoms with Gasteiger partial charge in [-0.25, -0.2) is 0 Å². The number of rotatable bonds is 4. The predicted molar refractivity (Wildman–Crippen MR) is 62.4 cm³/mol. The molecular weight excluding hydrogens is 292 g/mol. The molecule has 92 valence electrons. The summed E-state index contributed by atoms with van der Waals surface area (Å²) in [6, 6.07) is 0.330. The third-order valence-corrected chi connectivity index (χ3v) is 3.22. The molecule has 0 atom stereocenters. The Morgan fingerprint density at radius 2 is 2.41 bits per heavy atom. The summed E-state index contributed by atoms with van der Waals surface area (Å²) >= 11 is 3.04. The number of hydrogen-bond donors (Lipinski definition) is 0. The van der Waals surface area contributed by atoms with Gasteiger partial charge in [0, 0.05) is 13.1 Å². The van der Waals surface area contributed by atoms with Crippen LogP contribution in [0.25, 0.3) is 0 Å². The van der Waals surface area contributed by atoms with Gasteiger partial charge in [-0.05, 0) is 33.7 Å². The first-order valence-electron chi connectivity index (χ1n) is 5.12. The second-order valence-corrected chi connectivity index (χ2v) is 4.85. The summed E-state index contributed by atoms with van der Waals surface area (Å²) in [5.41, 5.74) is 0.